The molecule has 0 aliphatic carbocycles. The Bertz CT molecular complexity index is 640. The molecule has 1 N–H and O–H groups in total. The van der Waals surface area contributed by atoms with E-state index in [2.05, 4.69) is 32.9 Å². The fourth-order valence-corrected chi connectivity index (χ4v) is 2.98. The zero-order chi connectivity index (χ0) is 16.0. The fraction of sp³-hybridized carbons (Fsp3) is 0.278. The van der Waals surface area contributed by atoms with Crippen molar-refractivity contribution < 1.29 is 9.90 Å². The van der Waals surface area contributed by atoms with Crippen LogP contribution in [0.4, 0.5) is 0 Å². The Hall–Kier alpha value is -1.87. The first-order chi connectivity index (χ1) is 9.81. The summed E-state index contributed by atoms with van der Waals surface area (Å²) in [5, 5.41) is 8.62. The summed E-state index contributed by atoms with van der Waals surface area (Å²) < 4.78 is 0. The summed E-state index contributed by atoms with van der Waals surface area (Å²) in [5.41, 5.74) is 4.49. The molecule has 1 rings (SSSR count). The van der Waals surface area contributed by atoms with E-state index < -0.39 is 5.97 Å². The molecule has 0 fully saturated rings. The van der Waals surface area contributed by atoms with Gasteiger partial charge >= 0.3 is 5.97 Å². The van der Waals surface area contributed by atoms with Crippen LogP contribution in [-0.4, -0.2) is 11.1 Å². The van der Waals surface area contributed by atoms with E-state index >= 15 is 0 Å². The third-order valence-corrected chi connectivity index (χ3v) is 4.34. The molecule has 1 aromatic heterocycles. The third kappa shape index (κ3) is 5.56. The molecular formula is C18H22O2S. The highest BCUT2D eigenvalue weighted by Gasteiger charge is 2.05. The van der Waals surface area contributed by atoms with Gasteiger partial charge in [0.05, 0.1) is 0 Å². The Labute approximate surface area is 130 Å². The highest BCUT2D eigenvalue weighted by atomic mass is 32.1. The van der Waals surface area contributed by atoms with Crippen LogP contribution in [-0.2, 0) is 4.79 Å². The lowest BCUT2D eigenvalue weighted by Gasteiger charge is -1.95. The first-order valence-corrected chi connectivity index (χ1v) is 7.63. The Morgan fingerprint density at radius 3 is 2.24 bits per heavy atom. The second-order valence-electron chi connectivity index (χ2n) is 5.08. The van der Waals surface area contributed by atoms with Crippen LogP contribution >= 0.6 is 11.3 Å². The van der Waals surface area contributed by atoms with Gasteiger partial charge in [-0.1, -0.05) is 36.0 Å². The smallest absolute Gasteiger partial charge is 0.328 e. The van der Waals surface area contributed by atoms with E-state index in [0.29, 0.717) is 0 Å². The summed E-state index contributed by atoms with van der Waals surface area (Å²) in [5.74, 6) is -0.920. The lowest BCUT2D eigenvalue weighted by atomic mass is 10.1. The van der Waals surface area contributed by atoms with Gasteiger partial charge in [0, 0.05) is 15.8 Å². The number of aryl methyl sites for hydroxylation is 2. The molecule has 0 amide bonds. The van der Waals surface area contributed by atoms with E-state index in [1.165, 1.54) is 27.0 Å². The molecule has 0 spiro atoms. The molecule has 0 radical (unpaired) electrons. The van der Waals surface area contributed by atoms with Gasteiger partial charge in [-0.2, -0.15) is 0 Å². The first-order valence-electron chi connectivity index (χ1n) is 6.82. The highest BCUT2D eigenvalue weighted by molar-refractivity contribution is 7.12. The number of carboxylic acid groups (broad SMARTS) is 1. The van der Waals surface area contributed by atoms with Gasteiger partial charge in [-0.3, -0.25) is 0 Å². The first kappa shape index (κ1) is 17.2. The van der Waals surface area contributed by atoms with E-state index in [0.717, 1.165) is 11.1 Å². The van der Waals surface area contributed by atoms with Gasteiger partial charge in [0.2, 0.25) is 0 Å². The topological polar surface area (TPSA) is 37.3 Å². The van der Waals surface area contributed by atoms with Gasteiger partial charge in [0.1, 0.15) is 0 Å². The molecule has 0 unspecified atom stereocenters. The van der Waals surface area contributed by atoms with Crippen LogP contribution in [0.2, 0.25) is 0 Å². The minimum Gasteiger partial charge on any atom is -0.478 e. The molecule has 1 aromatic rings. The number of thiophene rings is 1. The molecular weight excluding hydrogens is 280 g/mol. The van der Waals surface area contributed by atoms with Crippen LogP contribution in [0, 0.1) is 20.8 Å². The van der Waals surface area contributed by atoms with E-state index in [1.54, 1.807) is 13.0 Å². The van der Waals surface area contributed by atoms with Crippen LogP contribution in [0.5, 0.6) is 0 Å². The van der Waals surface area contributed by atoms with Gasteiger partial charge in [-0.25, -0.2) is 4.79 Å². The number of allylic oxidation sites excluding steroid dienone is 6. The Balaban J connectivity index is 2.79. The SMILES string of the molecule is CC(C=Cc1c(C)sc(C)c1C)=CC=C/C(C)=C/C(=O)O. The molecule has 1 heterocycles. The molecule has 0 aromatic carbocycles. The summed E-state index contributed by atoms with van der Waals surface area (Å²) >= 11 is 1.83. The van der Waals surface area contributed by atoms with E-state index in [-0.39, 0.29) is 0 Å². The maximum absolute atomic E-state index is 10.5. The normalized spacial score (nSPS) is 13.6. The summed E-state index contributed by atoms with van der Waals surface area (Å²) in [4.78, 5) is 13.2. The van der Waals surface area contributed by atoms with Crippen LogP contribution in [0.15, 0.2) is 41.5 Å². The molecule has 0 saturated carbocycles. The summed E-state index contributed by atoms with van der Waals surface area (Å²) in [6.45, 7) is 10.2. The van der Waals surface area contributed by atoms with E-state index in [4.69, 9.17) is 5.11 Å². The van der Waals surface area contributed by atoms with Crippen molar-refractivity contribution in [1.82, 2.24) is 0 Å². The predicted molar refractivity (Wildman–Crippen MR) is 91.9 cm³/mol. The average Bonchev–Trinajstić information content (AvgIpc) is 2.60. The molecule has 3 heteroatoms. The van der Waals surface area contributed by atoms with Gasteiger partial charge in [0.15, 0.2) is 0 Å². The number of carbonyl (C=O) groups is 1. The van der Waals surface area contributed by atoms with Gasteiger partial charge in [-0.15, -0.1) is 11.3 Å². The Morgan fingerprint density at radius 2 is 1.71 bits per heavy atom. The van der Waals surface area contributed by atoms with Crippen molar-refractivity contribution in [3.8, 4) is 0 Å². The van der Waals surface area contributed by atoms with Crippen molar-refractivity contribution in [2.45, 2.75) is 34.6 Å². The minimum absolute atomic E-state index is 0.718. The number of rotatable bonds is 5. The lowest BCUT2D eigenvalue weighted by molar-refractivity contribution is -0.131. The Morgan fingerprint density at radius 1 is 1.05 bits per heavy atom. The quantitative estimate of drug-likeness (QED) is 0.598. The van der Waals surface area contributed by atoms with Crippen molar-refractivity contribution in [2.75, 3.05) is 0 Å². The van der Waals surface area contributed by atoms with Crippen molar-refractivity contribution in [1.29, 1.82) is 0 Å². The van der Waals surface area contributed by atoms with Gasteiger partial charge in [-0.05, 0) is 51.3 Å². The van der Waals surface area contributed by atoms with E-state index in [1.807, 2.05) is 30.4 Å². The van der Waals surface area contributed by atoms with Crippen LogP contribution < -0.4 is 0 Å². The lowest BCUT2D eigenvalue weighted by Crippen LogP contribution is -1.87. The number of hydrogen-bond acceptors (Lipinski definition) is 2. The molecule has 0 aliphatic heterocycles. The predicted octanol–water partition coefficient (Wildman–Crippen LogP) is 5.22. The van der Waals surface area contributed by atoms with Gasteiger partial charge in [0.25, 0.3) is 0 Å². The second-order valence-corrected chi connectivity index (χ2v) is 6.51. The van der Waals surface area contributed by atoms with Gasteiger partial charge < -0.3 is 5.11 Å². The summed E-state index contributed by atoms with van der Waals surface area (Å²) in [6.07, 6.45) is 11.1. The molecule has 21 heavy (non-hydrogen) atoms. The Kier molecular flexibility index (Phi) is 6.38. The molecule has 0 aliphatic rings. The number of hydrogen-bond donors (Lipinski definition) is 1. The molecule has 0 saturated heterocycles. The van der Waals surface area contributed by atoms with E-state index in [9.17, 15) is 4.79 Å². The molecule has 2 nitrogen and oxygen atoms in total. The van der Waals surface area contributed by atoms with Crippen molar-refractivity contribution in [3.63, 3.8) is 0 Å². The maximum Gasteiger partial charge on any atom is 0.328 e. The summed E-state index contributed by atoms with van der Waals surface area (Å²) in [6, 6.07) is 0. The molecule has 112 valence electrons. The average molecular weight is 302 g/mol. The van der Waals surface area contributed by atoms with Crippen molar-refractivity contribution in [3.05, 3.63) is 62.4 Å². The minimum atomic E-state index is -0.920. The van der Waals surface area contributed by atoms with Crippen LogP contribution in [0.1, 0.15) is 34.7 Å². The van der Waals surface area contributed by atoms with Crippen LogP contribution in [0.3, 0.4) is 0 Å². The third-order valence-electron chi connectivity index (χ3n) is 3.20. The van der Waals surface area contributed by atoms with Crippen molar-refractivity contribution in [2.24, 2.45) is 0 Å². The van der Waals surface area contributed by atoms with Crippen molar-refractivity contribution >= 4 is 23.4 Å². The maximum atomic E-state index is 10.5. The number of aliphatic carboxylic acids is 1. The molecule has 0 bridgehead atoms. The summed E-state index contributed by atoms with van der Waals surface area (Å²) in [7, 11) is 0. The second kappa shape index (κ2) is 7.79. The largest absolute Gasteiger partial charge is 0.478 e. The highest BCUT2D eigenvalue weighted by Crippen LogP contribution is 2.27. The fourth-order valence-electron chi connectivity index (χ4n) is 1.92. The monoisotopic (exact) mass is 302 g/mol. The zero-order valence-electron chi connectivity index (χ0n) is 13.2. The number of carboxylic acids is 1. The van der Waals surface area contributed by atoms with Crippen LogP contribution in [0.25, 0.3) is 6.08 Å². The molecule has 0 atom stereocenters. The zero-order valence-corrected chi connectivity index (χ0v) is 14.0. The standard InChI is InChI=1S/C18H22O2S/c1-12(7-6-8-13(2)11-18(19)20)9-10-17-14(3)15(4)21-16(17)5/h6-11H,1-5H3,(H,19,20)/b8-6?,10-9?,12-7?,13-11+.